The van der Waals surface area contributed by atoms with Crippen LogP contribution in [-0.2, 0) is 11.2 Å². The minimum Gasteiger partial charge on any atom is -0.481 e. The van der Waals surface area contributed by atoms with E-state index in [0.29, 0.717) is 29.5 Å². The van der Waals surface area contributed by atoms with Gasteiger partial charge in [0.1, 0.15) is 5.82 Å². The van der Waals surface area contributed by atoms with Crippen LogP contribution in [0.25, 0.3) is 16.3 Å². The van der Waals surface area contributed by atoms with Crippen LogP contribution in [0.1, 0.15) is 77.7 Å². The van der Waals surface area contributed by atoms with Gasteiger partial charge < -0.3 is 9.51 Å². The summed E-state index contributed by atoms with van der Waals surface area (Å²) in [6.45, 7) is 3.97. The molecule has 0 aliphatic heterocycles. The van der Waals surface area contributed by atoms with Crippen molar-refractivity contribution in [2.75, 3.05) is 0 Å². The van der Waals surface area contributed by atoms with Crippen LogP contribution in [0.5, 0.6) is 0 Å². The predicted molar refractivity (Wildman–Crippen MR) is 127 cm³/mol. The van der Waals surface area contributed by atoms with E-state index < -0.39 is 5.97 Å². The lowest BCUT2D eigenvalue weighted by molar-refractivity contribution is -0.137. The maximum atomic E-state index is 14.6. The number of carbonyl (C=O) groups is 2. The molecule has 2 aromatic heterocycles. The van der Waals surface area contributed by atoms with Crippen molar-refractivity contribution in [2.45, 2.75) is 51.4 Å². The SMILES string of the molecule is CC(C)c1cc(F)cn2c3c(c(C(=O)c4ccc5ccccc5c4)c12)C(CC(=O)O)CCC3. The third kappa shape index (κ3) is 3.62. The molecule has 1 unspecified atom stereocenters. The molecule has 0 amide bonds. The van der Waals surface area contributed by atoms with E-state index in [2.05, 4.69) is 0 Å². The average molecular weight is 444 g/mol. The van der Waals surface area contributed by atoms with Crippen LogP contribution < -0.4 is 0 Å². The fraction of sp³-hybridized carbons (Fsp3) is 0.286. The van der Waals surface area contributed by atoms with Gasteiger partial charge in [0, 0.05) is 17.5 Å². The molecule has 0 bridgehead atoms. The zero-order valence-electron chi connectivity index (χ0n) is 18.8. The van der Waals surface area contributed by atoms with Gasteiger partial charge in [0.05, 0.1) is 17.5 Å². The molecule has 0 spiro atoms. The molecular weight excluding hydrogens is 417 g/mol. The van der Waals surface area contributed by atoms with Gasteiger partial charge in [-0.25, -0.2) is 4.39 Å². The van der Waals surface area contributed by atoms with E-state index in [-0.39, 0.29) is 29.9 Å². The molecule has 1 aliphatic carbocycles. The molecule has 5 rings (SSSR count). The smallest absolute Gasteiger partial charge is 0.303 e. The third-order valence-electron chi connectivity index (χ3n) is 6.82. The number of carboxylic acid groups (broad SMARTS) is 1. The molecular formula is C28H26FNO3. The number of benzene rings is 2. The summed E-state index contributed by atoms with van der Waals surface area (Å²) in [6.07, 6.45) is 3.61. The summed E-state index contributed by atoms with van der Waals surface area (Å²) in [5, 5.41) is 11.6. The highest BCUT2D eigenvalue weighted by Gasteiger charge is 2.34. The van der Waals surface area contributed by atoms with Crippen molar-refractivity contribution < 1.29 is 19.1 Å². The van der Waals surface area contributed by atoms with E-state index >= 15 is 0 Å². The minimum absolute atomic E-state index is 0.000584. The molecule has 168 valence electrons. The standard InChI is InChI=1S/C28H26FNO3/c1-16(2)22-14-21(29)15-30-23-9-5-8-19(13-24(31)32)25(23)26(27(22)30)28(33)20-11-10-17-6-3-4-7-18(17)12-20/h3-4,6-7,10-12,14-16,19H,5,8-9,13H2,1-2H3,(H,31,32). The van der Waals surface area contributed by atoms with E-state index in [1.807, 2.05) is 60.7 Å². The van der Waals surface area contributed by atoms with Gasteiger partial charge in [0.25, 0.3) is 0 Å². The molecule has 2 aromatic carbocycles. The number of fused-ring (bicyclic) bond motifs is 4. The lowest BCUT2D eigenvalue weighted by Gasteiger charge is -2.23. The highest BCUT2D eigenvalue weighted by molar-refractivity contribution is 6.16. The number of hydrogen-bond donors (Lipinski definition) is 1. The molecule has 1 atom stereocenters. The van der Waals surface area contributed by atoms with Crippen LogP contribution in [0.4, 0.5) is 4.39 Å². The third-order valence-corrected chi connectivity index (χ3v) is 6.82. The van der Waals surface area contributed by atoms with Crippen molar-refractivity contribution in [2.24, 2.45) is 0 Å². The first-order valence-electron chi connectivity index (χ1n) is 11.5. The van der Waals surface area contributed by atoms with Gasteiger partial charge in [0.15, 0.2) is 5.78 Å². The normalized spacial score (nSPS) is 15.8. The number of pyridine rings is 1. The Morgan fingerprint density at radius 2 is 1.88 bits per heavy atom. The van der Waals surface area contributed by atoms with Gasteiger partial charge in [-0.1, -0.05) is 50.2 Å². The lowest BCUT2D eigenvalue weighted by atomic mass is 9.80. The van der Waals surface area contributed by atoms with E-state index in [1.54, 1.807) is 0 Å². The van der Waals surface area contributed by atoms with Gasteiger partial charge in [0.2, 0.25) is 0 Å². The van der Waals surface area contributed by atoms with E-state index in [0.717, 1.165) is 34.0 Å². The fourth-order valence-corrected chi connectivity index (χ4v) is 5.38. The summed E-state index contributed by atoms with van der Waals surface area (Å²) >= 11 is 0. The van der Waals surface area contributed by atoms with Crippen molar-refractivity contribution in [3.8, 4) is 0 Å². The van der Waals surface area contributed by atoms with Gasteiger partial charge in [-0.2, -0.15) is 0 Å². The predicted octanol–water partition coefficient (Wildman–Crippen LogP) is 6.48. The quantitative estimate of drug-likeness (QED) is 0.359. The van der Waals surface area contributed by atoms with Crippen LogP contribution in [0.3, 0.4) is 0 Å². The Morgan fingerprint density at radius 3 is 2.61 bits per heavy atom. The van der Waals surface area contributed by atoms with Gasteiger partial charge >= 0.3 is 5.97 Å². The summed E-state index contributed by atoms with van der Waals surface area (Å²) in [5.41, 5.74) is 4.23. The van der Waals surface area contributed by atoms with E-state index in [1.165, 1.54) is 12.3 Å². The lowest BCUT2D eigenvalue weighted by Crippen LogP contribution is -2.16. The Balaban J connectivity index is 1.82. The number of rotatable bonds is 5. The average Bonchev–Trinajstić information content (AvgIpc) is 3.12. The Bertz CT molecular complexity index is 1420. The summed E-state index contributed by atoms with van der Waals surface area (Å²) in [5.74, 6) is -1.64. The van der Waals surface area contributed by atoms with Crippen molar-refractivity contribution in [3.05, 3.63) is 88.5 Å². The summed E-state index contributed by atoms with van der Waals surface area (Å²) in [4.78, 5) is 25.7. The Hall–Kier alpha value is -3.47. The number of halogens is 1. The molecule has 4 nitrogen and oxygen atoms in total. The molecule has 2 heterocycles. The molecule has 5 heteroatoms. The van der Waals surface area contributed by atoms with Crippen molar-refractivity contribution >= 4 is 28.0 Å². The van der Waals surface area contributed by atoms with Crippen LogP contribution in [-0.4, -0.2) is 21.3 Å². The number of nitrogens with zero attached hydrogens (tertiary/aromatic N) is 1. The molecule has 0 fully saturated rings. The summed E-state index contributed by atoms with van der Waals surface area (Å²) < 4.78 is 16.5. The summed E-state index contributed by atoms with van der Waals surface area (Å²) in [7, 11) is 0. The molecule has 33 heavy (non-hydrogen) atoms. The molecule has 1 aliphatic rings. The first-order valence-corrected chi connectivity index (χ1v) is 11.5. The highest BCUT2D eigenvalue weighted by atomic mass is 19.1. The van der Waals surface area contributed by atoms with Crippen LogP contribution >= 0.6 is 0 Å². The van der Waals surface area contributed by atoms with Crippen molar-refractivity contribution in [1.82, 2.24) is 4.40 Å². The maximum Gasteiger partial charge on any atom is 0.303 e. The first kappa shape index (κ1) is 21.4. The van der Waals surface area contributed by atoms with E-state index in [4.69, 9.17) is 0 Å². The highest BCUT2D eigenvalue weighted by Crippen LogP contribution is 2.42. The Morgan fingerprint density at radius 1 is 1.12 bits per heavy atom. The zero-order valence-corrected chi connectivity index (χ0v) is 18.8. The molecule has 4 aromatic rings. The summed E-state index contributed by atoms with van der Waals surface area (Å²) in [6, 6.07) is 15.0. The number of aromatic nitrogens is 1. The largest absolute Gasteiger partial charge is 0.481 e. The van der Waals surface area contributed by atoms with Crippen molar-refractivity contribution in [1.29, 1.82) is 0 Å². The molecule has 0 saturated carbocycles. The number of aliphatic carboxylic acids is 1. The maximum absolute atomic E-state index is 14.6. The van der Waals surface area contributed by atoms with Gasteiger partial charge in [-0.3, -0.25) is 9.59 Å². The topological polar surface area (TPSA) is 58.8 Å². The Kier molecular flexibility index (Phi) is 5.28. The van der Waals surface area contributed by atoms with Gasteiger partial charge in [-0.15, -0.1) is 0 Å². The van der Waals surface area contributed by atoms with Crippen LogP contribution in [0.15, 0.2) is 54.7 Å². The second-order valence-electron chi connectivity index (χ2n) is 9.30. The molecule has 1 N–H and O–H groups in total. The van der Waals surface area contributed by atoms with Gasteiger partial charge in [-0.05, 0) is 65.1 Å². The van der Waals surface area contributed by atoms with Crippen LogP contribution in [0, 0.1) is 5.82 Å². The molecule has 0 saturated heterocycles. The second kappa shape index (κ2) is 8.14. The Labute approximate surface area is 191 Å². The molecule has 0 radical (unpaired) electrons. The second-order valence-corrected chi connectivity index (χ2v) is 9.30. The van der Waals surface area contributed by atoms with E-state index in [9.17, 15) is 19.1 Å². The minimum atomic E-state index is -0.887. The van der Waals surface area contributed by atoms with Crippen molar-refractivity contribution in [3.63, 3.8) is 0 Å². The van der Waals surface area contributed by atoms with Crippen LogP contribution in [0.2, 0.25) is 0 Å². The number of carbonyl (C=O) groups excluding carboxylic acids is 1. The monoisotopic (exact) mass is 443 g/mol. The number of ketones is 1. The number of carboxylic acids is 1. The zero-order chi connectivity index (χ0) is 23.3. The number of aryl methyl sites for hydroxylation is 1. The number of hydrogen-bond acceptors (Lipinski definition) is 2. The first-order chi connectivity index (χ1) is 15.8. The fourth-order valence-electron chi connectivity index (χ4n) is 5.38.